The number of fused-ring (bicyclic) bond motifs is 3. The van der Waals surface area contributed by atoms with Gasteiger partial charge in [-0.1, -0.05) is 23.5 Å². The van der Waals surface area contributed by atoms with Gasteiger partial charge < -0.3 is 15.1 Å². The molecule has 0 unspecified atom stereocenters. The summed E-state index contributed by atoms with van der Waals surface area (Å²) in [7, 11) is 1.79. The van der Waals surface area contributed by atoms with Crippen molar-refractivity contribution in [3.8, 4) is 10.6 Å². The van der Waals surface area contributed by atoms with E-state index in [0.29, 0.717) is 24.0 Å². The summed E-state index contributed by atoms with van der Waals surface area (Å²) in [4.78, 5) is 26.7. The van der Waals surface area contributed by atoms with Crippen LogP contribution in [0.3, 0.4) is 0 Å². The first-order chi connectivity index (χ1) is 15.2. The minimum atomic E-state index is -0.0554. The van der Waals surface area contributed by atoms with E-state index in [1.165, 1.54) is 12.8 Å². The molecule has 1 saturated heterocycles. The summed E-state index contributed by atoms with van der Waals surface area (Å²) in [6.45, 7) is 1.55. The van der Waals surface area contributed by atoms with Crippen LogP contribution in [0, 0.1) is 0 Å². The van der Waals surface area contributed by atoms with Crippen molar-refractivity contribution in [1.82, 2.24) is 20.2 Å². The highest BCUT2D eigenvalue weighted by Gasteiger charge is 2.37. The molecule has 0 radical (unpaired) electrons. The molecule has 3 aliphatic rings. The van der Waals surface area contributed by atoms with Crippen LogP contribution in [-0.4, -0.2) is 52.3 Å². The van der Waals surface area contributed by atoms with Gasteiger partial charge in [-0.25, -0.2) is 4.98 Å². The largest absolute Gasteiger partial charge is 0.357 e. The summed E-state index contributed by atoms with van der Waals surface area (Å²) < 4.78 is 0. The van der Waals surface area contributed by atoms with Crippen molar-refractivity contribution < 1.29 is 4.79 Å². The second-order valence-electron chi connectivity index (χ2n) is 8.36. The number of nitrogens with zero attached hydrogens (tertiary/aromatic N) is 6. The number of amides is 1. The highest BCUT2D eigenvalue weighted by molar-refractivity contribution is 7.14. The van der Waals surface area contributed by atoms with E-state index in [9.17, 15) is 4.79 Å². The number of anilines is 3. The third-order valence-electron chi connectivity index (χ3n) is 6.28. The summed E-state index contributed by atoms with van der Waals surface area (Å²) in [5.74, 6) is 1.81. The van der Waals surface area contributed by atoms with Crippen LogP contribution in [0.4, 0.5) is 17.5 Å². The first-order valence-corrected chi connectivity index (χ1v) is 11.6. The zero-order chi connectivity index (χ0) is 20.9. The van der Waals surface area contributed by atoms with Crippen LogP contribution < -0.4 is 15.1 Å². The zero-order valence-corrected chi connectivity index (χ0v) is 18.1. The molecule has 8 nitrogen and oxygen atoms in total. The van der Waals surface area contributed by atoms with E-state index in [1.807, 2.05) is 23.1 Å². The molecule has 1 aromatic carbocycles. The summed E-state index contributed by atoms with van der Waals surface area (Å²) in [5, 5.41) is 13.8. The lowest BCUT2D eigenvalue weighted by Gasteiger charge is -2.27. The number of carbonyl (C=O) groups is 1. The lowest BCUT2D eigenvalue weighted by Crippen LogP contribution is -2.39. The maximum absolute atomic E-state index is 13.6. The molecular weight excluding hydrogens is 410 g/mol. The maximum Gasteiger partial charge on any atom is 0.263 e. The Morgan fingerprint density at radius 2 is 2.10 bits per heavy atom. The van der Waals surface area contributed by atoms with Crippen molar-refractivity contribution >= 4 is 34.7 Å². The van der Waals surface area contributed by atoms with E-state index in [4.69, 9.17) is 0 Å². The van der Waals surface area contributed by atoms with E-state index < -0.39 is 0 Å². The highest BCUT2D eigenvalue weighted by Crippen LogP contribution is 2.43. The van der Waals surface area contributed by atoms with Gasteiger partial charge in [0.15, 0.2) is 0 Å². The summed E-state index contributed by atoms with van der Waals surface area (Å²) >= 11 is 1.66. The van der Waals surface area contributed by atoms with Gasteiger partial charge in [0.1, 0.15) is 21.4 Å². The third-order valence-corrected chi connectivity index (χ3v) is 7.42. The van der Waals surface area contributed by atoms with Gasteiger partial charge in [0.2, 0.25) is 5.95 Å². The number of hydrogen-bond acceptors (Lipinski definition) is 8. The number of carbonyl (C=O) groups excluding carboxylic acids is 1. The normalized spacial score (nSPS) is 20.4. The van der Waals surface area contributed by atoms with Gasteiger partial charge in [-0.3, -0.25) is 4.79 Å². The van der Waals surface area contributed by atoms with Crippen LogP contribution in [0.5, 0.6) is 0 Å². The van der Waals surface area contributed by atoms with E-state index in [0.717, 1.165) is 46.5 Å². The van der Waals surface area contributed by atoms with Crippen molar-refractivity contribution in [2.24, 2.45) is 0 Å². The summed E-state index contributed by atoms with van der Waals surface area (Å²) in [5.41, 5.74) is 2.44. The number of benzene rings is 1. The minimum absolute atomic E-state index is 0.0554. The van der Waals surface area contributed by atoms with Crippen molar-refractivity contribution in [2.45, 2.75) is 37.6 Å². The van der Waals surface area contributed by atoms with Crippen molar-refractivity contribution in [3.05, 3.63) is 41.0 Å². The molecule has 1 saturated carbocycles. The molecule has 1 aliphatic carbocycles. The first kappa shape index (κ1) is 18.7. The van der Waals surface area contributed by atoms with Crippen molar-refractivity contribution in [2.75, 3.05) is 35.3 Å². The topological polar surface area (TPSA) is 87.1 Å². The maximum atomic E-state index is 13.6. The molecule has 4 heterocycles. The predicted octanol–water partition coefficient (Wildman–Crippen LogP) is 3.54. The highest BCUT2D eigenvalue weighted by atomic mass is 32.1. The van der Waals surface area contributed by atoms with Crippen LogP contribution in [0.25, 0.3) is 10.6 Å². The first-order valence-electron chi connectivity index (χ1n) is 10.8. The van der Waals surface area contributed by atoms with Gasteiger partial charge >= 0.3 is 0 Å². The summed E-state index contributed by atoms with van der Waals surface area (Å²) in [6.07, 6.45) is 6.22. The Hall–Kier alpha value is -3.07. The molecule has 3 aromatic rings. The van der Waals surface area contributed by atoms with Crippen molar-refractivity contribution in [1.29, 1.82) is 0 Å². The zero-order valence-electron chi connectivity index (χ0n) is 17.3. The molecular formula is C22H23N7OS. The fourth-order valence-corrected chi connectivity index (χ4v) is 5.49. The van der Waals surface area contributed by atoms with E-state index >= 15 is 0 Å². The molecule has 6 rings (SSSR count). The van der Waals surface area contributed by atoms with Gasteiger partial charge in [-0.2, -0.15) is 4.98 Å². The van der Waals surface area contributed by atoms with Crippen molar-refractivity contribution in [3.63, 3.8) is 0 Å². The Morgan fingerprint density at radius 1 is 1.19 bits per heavy atom. The molecule has 2 fully saturated rings. The third kappa shape index (κ3) is 3.23. The fourth-order valence-electron chi connectivity index (χ4n) is 4.48. The molecule has 1 atom stereocenters. The Kier molecular flexibility index (Phi) is 4.38. The van der Waals surface area contributed by atoms with Gasteiger partial charge in [-0.05, 0) is 37.8 Å². The molecule has 9 heteroatoms. The number of nitrogens with one attached hydrogen (secondary N) is 1. The lowest BCUT2D eigenvalue weighted by molar-refractivity contribution is 0.0988. The molecule has 2 aromatic heterocycles. The summed E-state index contributed by atoms with van der Waals surface area (Å²) in [6, 6.07) is 8.34. The monoisotopic (exact) mass is 433 g/mol. The Morgan fingerprint density at radius 3 is 2.94 bits per heavy atom. The fraction of sp³-hybridized carbons (Fsp3) is 0.409. The molecule has 158 valence electrons. The molecule has 1 amide bonds. The van der Waals surface area contributed by atoms with E-state index in [1.54, 1.807) is 24.6 Å². The van der Waals surface area contributed by atoms with E-state index in [-0.39, 0.29) is 11.9 Å². The van der Waals surface area contributed by atoms with E-state index in [2.05, 4.69) is 36.4 Å². The average Bonchev–Trinajstić information content (AvgIpc) is 3.38. The molecule has 31 heavy (non-hydrogen) atoms. The van der Waals surface area contributed by atoms with Gasteiger partial charge in [0.25, 0.3) is 5.91 Å². The predicted molar refractivity (Wildman–Crippen MR) is 121 cm³/mol. The number of rotatable bonds is 4. The van der Waals surface area contributed by atoms with Gasteiger partial charge in [0.05, 0.1) is 0 Å². The average molecular weight is 434 g/mol. The standard InChI is InChI=1S/C22H23N7OS/c1-23-22-24-11-17-18(25-22)28-9-3-6-16(28)12-29(21(17)30)15-5-2-4-14(10-15)20-27-26-19(31-20)13-7-8-13/h2,4-5,10-11,13,16H,3,6-9,12H2,1H3,(H,23,24,25)/t16-/m0/s1. The van der Waals surface area contributed by atoms with Crippen LogP contribution in [0.2, 0.25) is 0 Å². The smallest absolute Gasteiger partial charge is 0.263 e. The second-order valence-corrected chi connectivity index (χ2v) is 9.37. The molecule has 2 aliphatic heterocycles. The minimum Gasteiger partial charge on any atom is -0.357 e. The SMILES string of the molecule is CNc1ncc2c(n1)N1CCC[C@H]1CN(c1cccc(-c3nnc(C4CC4)s3)c1)C2=O. The molecule has 0 bridgehead atoms. The molecule has 1 N–H and O–H groups in total. The second kappa shape index (κ2) is 7.26. The Bertz CT molecular complexity index is 1160. The van der Waals surface area contributed by atoms with Crippen LogP contribution in [0.15, 0.2) is 30.5 Å². The van der Waals surface area contributed by atoms with Gasteiger partial charge in [0, 0.05) is 49.5 Å². The lowest BCUT2D eigenvalue weighted by atomic mass is 10.1. The number of hydrogen-bond donors (Lipinski definition) is 1. The van der Waals surface area contributed by atoms with Crippen LogP contribution >= 0.6 is 11.3 Å². The quantitative estimate of drug-likeness (QED) is 0.673. The molecule has 0 spiro atoms. The van der Waals surface area contributed by atoms with Crippen LogP contribution in [0.1, 0.15) is 47.0 Å². The van der Waals surface area contributed by atoms with Crippen LogP contribution in [-0.2, 0) is 0 Å². The number of aromatic nitrogens is 4. The van der Waals surface area contributed by atoms with Gasteiger partial charge in [-0.15, -0.1) is 10.2 Å². The Balaban J connectivity index is 1.39. The Labute approximate surface area is 184 Å².